The van der Waals surface area contributed by atoms with Crippen LogP contribution in [0.3, 0.4) is 0 Å². The Labute approximate surface area is 116 Å². The summed E-state index contributed by atoms with van der Waals surface area (Å²) in [5.41, 5.74) is 0.977. The van der Waals surface area contributed by atoms with Gasteiger partial charge in [0.05, 0.1) is 11.6 Å². The number of halogens is 1. The molecule has 0 spiro atoms. The molecule has 20 heavy (non-hydrogen) atoms. The predicted molar refractivity (Wildman–Crippen MR) is 70.1 cm³/mol. The fourth-order valence-corrected chi connectivity index (χ4v) is 2.65. The van der Waals surface area contributed by atoms with Gasteiger partial charge in [-0.05, 0) is 48.9 Å². The Bertz CT molecular complexity index is 777. The Balaban J connectivity index is 2.35. The third-order valence-electron chi connectivity index (χ3n) is 2.55. The lowest BCUT2D eigenvalue weighted by Crippen LogP contribution is -2.12. The first-order valence-electron chi connectivity index (χ1n) is 5.63. The summed E-state index contributed by atoms with van der Waals surface area (Å²) in [6, 6.07) is 11.1. The van der Waals surface area contributed by atoms with Gasteiger partial charge in [0.2, 0.25) is 0 Å². The van der Waals surface area contributed by atoms with Crippen molar-refractivity contribution < 1.29 is 17.0 Å². The highest BCUT2D eigenvalue weighted by atomic mass is 32.2. The van der Waals surface area contributed by atoms with E-state index in [4.69, 9.17) is 9.44 Å². The molecule has 0 atom stereocenters. The number of nitrogens with zero attached hydrogens (tertiary/aromatic N) is 1. The minimum absolute atomic E-state index is 0.0184. The lowest BCUT2D eigenvalue weighted by molar-refractivity contribution is 0.476. The molecule has 4 nitrogen and oxygen atoms in total. The van der Waals surface area contributed by atoms with Gasteiger partial charge in [-0.25, -0.2) is 4.39 Å². The van der Waals surface area contributed by atoms with Gasteiger partial charge in [0, 0.05) is 0 Å². The van der Waals surface area contributed by atoms with Gasteiger partial charge in [0.15, 0.2) is 0 Å². The van der Waals surface area contributed by atoms with E-state index in [0.717, 1.165) is 6.07 Å². The second-order valence-electron chi connectivity index (χ2n) is 4.11. The molecular formula is C14H10FNO3S. The van der Waals surface area contributed by atoms with E-state index in [1.165, 1.54) is 36.4 Å². The summed E-state index contributed by atoms with van der Waals surface area (Å²) in [5.74, 6) is -0.853. The van der Waals surface area contributed by atoms with Crippen molar-refractivity contribution in [2.45, 2.75) is 11.8 Å². The minimum atomic E-state index is -4.24. The van der Waals surface area contributed by atoms with Crippen LogP contribution in [0.4, 0.5) is 4.39 Å². The summed E-state index contributed by atoms with van der Waals surface area (Å²) in [6.07, 6.45) is 0. The maximum atomic E-state index is 13.6. The molecule has 102 valence electrons. The van der Waals surface area contributed by atoms with Gasteiger partial charge in [-0.1, -0.05) is 6.07 Å². The van der Waals surface area contributed by atoms with Crippen LogP contribution in [0, 0.1) is 24.1 Å². The zero-order valence-electron chi connectivity index (χ0n) is 10.5. The molecule has 0 aliphatic heterocycles. The highest BCUT2D eigenvalue weighted by molar-refractivity contribution is 7.87. The van der Waals surface area contributed by atoms with Crippen LogP contribution in [-0.4, -0.2) is 8.42 Å². The van der Waals surface area contributed by atoms with Gasteiger partial charge in [-0.2, -0.15) is 13.7 Å². The molecule has 0 saturated heterocycles. The Morgan fingerprint density at radius 1 is 1.15 bits per heavy atom. The second-order valence-corrected chi connectivity index (χ2v) is 5.62. The van der Waals surface area contributed by atoms with E-state index < -0.39 is 20.8 Å². The van der Waals surface area contributed by atoms with Crippen LogP contribution in [0.2, 0.25) is 0 Å². The van der Waals surface area contributed by atoms with E-state index in [2.05, 4.69) is 0 Å². The van der Waals surface area contributed by atoms with E-state index in [1.54, 1.807) is 6.92 Å². The summed E-state index contributed by atoms with van der Waals surface area (Å²) in [4.78, 5) is -0.512. The molecule has 0 bridgehead atoms. The predicted octanol–water partition coefficient (Wildman–Crippen LogP) is 2.77. The number of hydrogen-bond donors (Lipinski definition) is 0. The first-order valence-corrected chi connectivity index (χ1v) is 7.04. The van der Waals surface area contributed by atoms with E-state index in [-0.39, 0.29) is 5.75 Å². The molecule has 0 unspecified atom stereocenters. The molecule has 2 aromatic carbocycles. The molecule has 0 saturated carbocycles. The van der Waals surface area contributed by atoms with Crippen molar-refractivity contribution in [2.75, 3.05) is 0 Å². The van der Waals surface area contributed by atoms with Crippen molar-refractivity contribution >= 4 is 10.1 Å². The molecule has 0 radical (unpaired) electrons. The van der Waals surface area contributed by atoms with Crippen molar-refractivity contribution in [1.82, 2.24) is 0 Å². The molecule has 0 amide bonds. The van der Waals surface area contributed by atoms with E-state index in [1.807, 2.05) is 6.07 Å². The zero-order valence-corrected chi connectivity index (χ0v) is 11.3. The average molecular weight is 291 g/mol. The van der Waals surface area contributed by atoms with E-state index in [0.29, 0.717) is 11.1 Å². The topological polar surface area (TPSA) is 67.2 Å². The molecule has 0 heterocycles. The highest BCUT2D eigenvalue weighted by Crippen LogP contribution is 2.22. The van der Waals surface area contributed by atoms with Crippen LogP contribution in [0.5, 0.6) is 5.75 Å². The quantitative estimate of drug-likeness (QED) is 0.815. The third kappa shape index (κ3) is 2.95. The molecular weight excluding hydrogens is 281 g/mol. The van der Waals surface area contributed by atoms with Crippen molar-refractivity contribution in [1.29, 1.82) is 5.26 Å². The monoisotopic (exact) mass is 291 g/mol. The summed E-state index contributed by atoms with van der Waals surface area (Å²) in [5, 5.41) is 8.65. The molecule has 0 aliphatic carbocycles. The molecule has 0 aliphatic rings. The van der Waals surface area contributed by atoms with Crippen LogP contribution >= 0.6 is 0 Å². The average Bonchev–Trinajstić information content (AvgIpc) is 2.42. The van der Waals surface area contributed by atoms with Gasteiger partial charge in [-0.15, -0.1) is 0 Å². The summed E-state index contributed by atoms with van der Waals surface area (Å²) >= 11 is 0. The first-order chi connectivity index (χ1) is 9.42. The van der Waals surface area contributed by atoms with Crippen molar-refractivity contribution in [3.8, 4) is 11.8 Å². The summed E-state index contributed by atoms with van der Waals surface area (Å²) in [7, 11) is -4.24. The van der Waals surface area contributed by atoms with Gasteiger partial charge < -0.3 is 4.18 Å². The Morgan fingerprint density at radius 2 is 1.80 bits per heavy atom. The molecule has 0 fully saturated rings. The normalized spacial score (nSPS) is 10.8. The van der Waals surface area contributed by atoms with Crippen LogP contribution < -0.4 is 4.18 Å². The van der Waals surface area contributed by atoms with Gasteiger partial charge in [-0.3, -0.25) is 0 Å². The van der Waals surface area contributed by atoms with E-state index in [9.17, 15) is 12.8 Å². The number of rotatable bonds is 3. The van der Waals surface area contributed by atoms with Crippen LogP contribution in [0.1, 0.15) is 11.1 Å². The number of nitriles is 1. The number of benzene rings is 2. The Hall–Kier alpha value is -2.39. The van der Waals surface area contributed by atoms with Crippen LogP contribution in [-0.2, 0) is 10.1 Å². The standard InChI is InChI=1S/C14H10FNO3S/c1-10-2-7-13(15)14(8-10)20(17,18)19-12-5-3-11(9-16)4-6-12/h2-8H,1H3. The van der Waals surface area contributed by atoms with Gasteiger partial charge in [0.25, 0.3) is 0 Å². The van der Waals surface area contributed by atoms with E-state index >= 15 is 0 Å². The maximum Gasteiger partial charge on any atom is 0.342 e. The largest absolute Gasteiger partial charge is 0.379 e. The molecule has 6 heteroatoms. The number of aryl methyl sites for hydroxylation is 1. The van der Waals surface area contributed by atoms with Crippen molar-refractivity contribution in [3.63, 3.8) is 0 Å². The SMILES string of the molecule is Cc1ccc(F)c(S(=O)(=O)Oc2ccc(C#N)cc2)c1. The Kier molecular flexibility index (Phi) is 3.72. The molecule has 0 aromatic heterocycles. The fourth-order valence-electron chi connectivity index (χ4n) is 1.56. The minimum Gasteiger partial charge on any atom is -0.379 e. The second kappa shape index (κ2) is 5.31. The molecule has 0 N–H and O–H groups in total. The van der Waals surface area contributed by atoms with Crippen LogP contribution in [0.25, 0.3) is 0 Å². The third-order valence-corrected chi connectivity index (χ3v) is 3.81. The van der Waals surface area contributed by atoms with Crippen molar-refractivity contribution in [2.24, 2.45) is 0 Å². The molecule has 2 aromatic rings. The maximum absolute atomic E-state index is 13.6. The highest BCUT2D eigenvalue weighted by Gasteiger charge is 2.21. The smallest absolute Gasteiger partial charge is 0.342 e. The lowest BCUT2D eigenvalue weighted by atomic mass is 10.2. The van der Waals surface area contributed by atoms with Gasteiger partial charge in [0.1, 0.15) is 16.5 Å². The van der Waals surface area contributed by atoms with Gasteiger partial charge >= 0.3 is 10.1 Å². The summed E-state index contributed by atoms with van der Waals surface area (Å²) < 4.78 is 42.4. The zero-order chi connectivity index (χ0) is 14.8. The summed E-state index contributed by atoms with van der Waals surface area (Å²) in [6.45, 7) is 1.65. The first kappa shape index (κ1) is 14.0. The fraction of sp³-hybridized carbons (Fsp3) is 0.0714. The molecule has 2 rings (SSSR count). The van der Waals surface area contributed by atoms with Crippen molar-refractivity contribution in [3.05, 3.63) is 59.4 Å². The van der Waals surface area contributed by atoms with Crippen LogP contribution in [0.15, 0.2) is 47.4 Å². The number of hydrogen-bond acceptors (Lipinski definition) is 4. The Morgan fingerprint density at radius 3 is 2.40 bits per heavy atom. The lowest BCUT2D eigenvalue weighted by Gasteiger charge is -2.08.